The number of hydrogen-bond donors (Lipinski definition) is 0. The van der Waals surface area contributed by atoms with Crippen molar-refractivity contribution in [2.45, 2.75) is 41.5 Å². The van der Waals surface area contributed by atoms with Crippen LogP contribution in [0, 0.1) is 52.9 Å². The van der Waals surface area contributed by atoms with Crippen LogP contribution in [0.15, 0.2) is 279 Å². The van der Waals surface area contributed by atoms with Gasteiger partial charge in [0.05, 0.1) is 49.7 Å². The summed E-state index contributed by atoms with van der Waals surface area (Å²) in [6, 6.07) is 101. The van der Waals surface area contributed by atoms with E-state index in [2.05, 4.69) is 338 Å². The lowest BCUT2D eigenvalue weighted by atomic mass is 9.76. The Balaban J connectivity index is 0.938. The second-order valence-electron chi connectivity index (χ2n) is 26.3. The summed E-state index contributed by atoms with van der Waals surface area (Å²) in [5.74, 6) is 0. The van der Waals surface area contributed by atoms with Crippen molar-refractivity contribution in [3.05, 3.63) is 318 Å². The molecule has 6 heteroatoms. The molecule has 0 bridgehead atoms. The van der Waals surface area contributed by atoms with Crippen LogP contribution in [0.1, 0.15) is 38.9 Å². The monoisotopic (exact) mass is 1230 g/mol. The summed E-state index contributed by atoms with van der Waals surface area (Å²) in [5, 5.41) is 22.2. The number of fused-ring (bicyclic) bond motifs is 12. The van der Waals surface area contributed by atoms with E-state index in [0.29, 0.717) is 5.56 Å². The third kappa shape index (κ3) is 8.81. The Morgan fingerprint density at radius 2 is 0.469 bits per heavy atom. The average molecular weight is 1230 g/mol. The maximum atomic E-state index is 12.5. The van der Waals surface area contributed by atoms with Crippen molar-refractivity contribution >= 4 is 87.2 Å². The topological polar surface area (TPSA) is 56.4 Å². The van der Waals surface area contributed by atoms with Crippen LogP contribution in [0.2, 0.25) is 0 Å². The second kappa shape index (κ2) is 21.9. The number of benzene rings is 13. The second-order valence-corrected chi connectivity index (χ2v) is 26.3. The maximum absolute atomic E-state index is 12.5. The molecule has 0 radical (unpaired) electrons. The number of nitriles is 1. The molecule has 0 amide bonds. The maximum Gasteiger partial charge on any atom is 0.100 e. The van der Waals surface area contributed by atoms with Gasteiger partial charge >= 0.3 is 0 Å². The van der Waals surface area contributed by atoms with Gasteiger partial charge in [0.25, 0.3) is 0 Å². The number of nitrogens with zero attached hydrogens (tertiary/aromatic N) is 6. The lowest BCUT2D eigenvalue weighted by molar-refractivity contribution is 1.18. The highest BCUT2D eigenvalue weighted by atomic mass is 15.0. The Bertz CT molecular complexity index is 6050. The Morgan fingerprint density at radius 3 is 0.740 bits per heavy atom. The minimum atomic E-state index is 0.571. The van der Waals surface area contributed by atoms with Crippen molar-refractivity contribution in [2.75, 3.05) is 0 Å². The van der Waals surface area contributed by atoms with E-state index in [1.54, 1.807) is 0 Å². The summed E-state index contributed by atoms with van der Waals surface area (Å²) >= 11 is 0. The van der Waals surface area contributed by atoms with Crippen LogP contribution in [0.4, 0.5) is 0 Å². The van der Waals surface area contributed by atoms with Gasteiger partial charge in [-0.2, -0.15) is 5.26 Å². The van der Waals surface area contributed by atoms with Gasteiger partial charge in [0.1, 0.15) is 6.07 Å². The molecule has 5 aromatic heterocycles. The molecule has 0 aliphatic carbocycles. The van der Waals surface area contributed by atoms with Gasteiger partial charge in [-0.1, -0.05) is 155 Å². The zero-order valence-corrected chi connectivity index (χ0v) is 54.2. The van der Waals surface area contributed by atoms with E-state index in [0.717, 1.165) is 123 Å². The first-order chi connectivity index (χ1) is 47.0. The standard InChI is InChI=1S/C90H64N6/c1-54-15-37-80-71(47-54)72-48-55(2)16-38-81(72)94(80)66-29-21-60(22-30-66)86-77(53-91)87(64-43-45-92-46-44-64)89(62-23-31-65(32-24-62)93-78-13-9-7-11-69(78)70-12-8-10-14-79(70)93)90(63-27-35-68(36-28-63)96-84-41-19-58(5)51-75(84)76-52-59(6)20-42-85(76)96)88(86)61-25-33-67(34-26-61)95-82-39-17-56(3)49-73(82)74-50-57(4)18-40-83(74)95/h7-52H,1-6H3. The van der Waals surface area contributed by atoms with E-state index in [9.17, 15) is 5.26 Å². The van der Waals surface area contributed by atoms with Crippen LogP contribution in [0.5, 0.6) is 0 Å². The molecule has 13 aromatic carbocycles. The van der Waals surface area contributed by atoms with Gasteiger partial charge < -0.3 is 18.3 Å². The van der Waals surface area contributed by atoms with Crippen molar-refractivity contribution in [3.63, 3.8) is 0 Å². The molecule has 0 unspecified atom stereocenters. The Hall–Kier alpha value is -12.3. The molecule has 0 N–H and O–H groups in total. The van der Waals surface area contributed by atoms with Crippen LogP contribution in [-0.4, -0.2) is 23.3 Å². The van der Waals surface area contributed by atoms with Crippen molar-refractivity contribution in [1.82, 2.24) is 23.3 Å². The normalized spacial score (nSPS) is 11.8. The molecule has 6 nitrogen and oxygen atoms in total. The molecule has 5 heterocycles. The molecule has 96 heavy (non-hydrogen) atoms. The molecule has 0 saturated carbocycles. The van der Waals surface area contributed by atoms with Crippen LogP contribution < -0.4 is 0 Å². The van der Waals surface area contributed by atoms with Gasteiger partial charge in [-0.05, 0) is 232 Å². The van der Waals surface area contributed by atoms with Gasteiger partial charge in [-0.25, -0.2) is 0 Å². The SMILES string of the molecule is Cc1ccc2c(c1)c1cc(C)ccc1n2-c1ccc(-c2c(C#N)c(-c3ccncc3)c(-c3ccc(-n4c5ccccc5c5ccccc54)cc3)c(-c3ccc(-n4c5ccc(C)cc5c5cc(C)ccc54)cc3)c2-c2ccc(-n3c4ccc(C)cc4c4cc(C)ccc43)cc2)cc1. The third-order valence-electron chi connectivity index (χ3n) is 20.0. The quantitative estimate of drug-likeness (QED) is 0.145. The lowest BCUT2D eigenvalue weighted by Gasteiger charge is -2.26. The predicted octanol–water partition coefficient (Wildman–Crippen LogP) is 23.5. The fraction of sp³-hybridized carbons (Fsp3) is 0.0667. The Kier molecular flexibility index (Phi) is 12.9. The number of rotatable bonds is 9. The van der Waals surface area contributed by atoms with Gasteiger partial charge in [-0.15, -0.1) is 0 Å². The minimum absolute atomic E-state index is 0.571. The number of aryl methyl sites for hydroxylation is 6. The first-order valence-corrected chi connectivity index (χ1v) is 33.0. The summed E-state index contributed by atoms with van der Waals surface area (Å²) in [4.78, 5) is 4.60. The summed E-state index contributed by atoms with van der Waals surface area (Å²) in [6.07, 6.45) is 3.70. The highest BCUT2D eigenvalue weighted by Crippen LogP contribution is 2.54. The van der Waals surface area contributed by atoms with E-state index in [1.165, 1.54) is 76.5 Å². The van der Waals surface area contributed by atoms with Crippen molar-refractivity contribution in [2.24, 2.45) is 0 Å². The van der Waals surface area contributed by atoms with E-state index < -0.39 is 0 Å². The van der Waals surface area contributed by atoms with E-state index in [4.69, 9.17) is 0 Å². The van der Waals surface area contributed by atoms with Gasteiger partial charge in [0.15, 0.2) is 0 Å². The van der Waals surface area contributed by atoms with Crippen LogP contribution >= 0.6 is 0 Å². The number of pyridine rings is 1. The Morgan fingerprint density at radius 1 is 0.240 bits per heavy atom. The molecule has 0 aliphatic rings. The largest absolute Gasteiger partial charge is 0.309 e. The summed E-state index contributed by atoms with van der Waals surface area (Å²) in [6.45, 7) is 13.0. The van der Waals surface area contributed by atoms with Crippen molar-refractivity contribution < 1.29 is 0 Å². The molecule has 18 rings (SSSR count). The minimum Gasteiger partial charge on any atom is -0.309 e. The molecule has 0 fully saturated rings. The molecule has 0 saturated heterocycles. The average Bonchev–Trinajstić information content (AvgIpc) is 1.20. The predicted molar refractivity (Wildman–Crippen MR) is 402 cm³/mol. The summed E-state index contributed by atoms with van der Waals surface area (Å²) in [5.41, 5.74) is 30.6. The lowest BCUT2D eigenvalue weighted by Crippen LogP contribution is -2.03. The van der Waals surface area contributed by atoms with Gasteiger partial charge in [-0.3, -0.25) is 4.98 Å². The molecule has 0 atom stereocenters. The number of hydrogen-bond acceptors (Lipinski definition) is 2. The molecule has 18 aromatic rings. The zero-order valence-electron chi connectivity index (χ0n) is 54.2. The van der Waals surface area contributed by atoms with E-state index in [-0.39, 0.29) is 0 Å². The van der Waals surface area contributed by atoms with E-state index in [1.807, 2.05) is 12.4 Å². The summed E-state index contributed by atoms with van der Waals surface area (Å²) < 4.78 is 9.57. The smallest absolute Gasteiger partial charge is 0.100 e. The third-order valence-corrected chi connectivity index (χ3v) is 20.0. The van der Waals surface area contributed by atoms with Gasteiger partial charge in [0.2, 0.25) is 0 Å². The van der Waals surface area contributed by atoms with Crippen molar-refractivity contribution in [3.8, 4) is 84.5 Å². The fourth-order valence-electron chi connectivity index (χ4n) is 15.7. The van der Waals surface area contributed by atoms with Crippen molar-refractivity contribution in [1.29, 1.82) is 5.26 Å². The van der Waals surface area contributed by atoms with Crippen LogP contribution in [0.25, 0.3) is 166 Å². The highest BCUT2D eigenvalue weighted by molar-refractivity contribution is 6.15. The highest BCUT2D eigenvalue weighted by Gasteiger charge is 2.30. The van der Waals surface area contributed by atoms with Gasteiger partial charge in [0, 0.05) is 89.4 Å². The first-order valence-electron chi connectivity index (χ1n) is 33.0. The fourth-order valence-corrected chi connectivity index (χ4v) is 15.7. The number of para-hydroxylation sites is 2. The molecule has 454 valence electrons. The molecular weight excluding hydrogens is 1170 g/mol. The number of aromatic nitrogens is 5. The van der Waals surface area contributed by atoms with Crippen LogP contribution in [-0.2, 0) is 0 Å². The van der Waals surface area contributed by atoms with Crippen LogP contribution in [0.3, 0.4) is 0 Å². The first kappa shape index (κ1) is 56.5. The molecule has 0 aliphatic heterocycles. The van der Waals surface area contributed by atoms with E-state index >= 15 is 0 Å². The Labute approximate surface area is 556 Å². The molecule has 0 spiro atoms. The summed E-state index contributed by atoms with van der Waals surface area (Å²) in [7, 11) is 0. The zero-order chi connectivity index (χ0) is 64.6. The molecular formula is C90H64N6.